The molecule has 35 heavy (non-hydrogen) atoms. The molecule has 2 aromatic rings. The fourth-order valence-electron chi connectivity index (χ4n) is 7.20. The van der Waals surface area contributed by atoms with Crippen molar-refractivity contribution in [1.29, 1.82) is 0 Å². The van der Waals surface area contributed by atoms with Crippen LogP contribution in [-0.4, -0.2) is 59.7 Å². The highest BCUT2D eigenvalue weighted by atomic mass is 16.3. The number of aromatic nitrogens is 1. The maximum absolute atomic E-state index is 13.2. The van der Waals surface area contributed by atoms with Gasteiger partial charge in [0.25, 0.3) is 5.91 Å². The van der Waals surface area contributed by atoms with Crippen molar-refractivity contribution in [3.05, 3.63) is 53.7 Å². The number of carbonyl (C=O) groups excluding carboxylic acids is 2. The zero-order valence-corrected chi connectivity index (χ0v) is 19.9. The maximum atomic E-state index is 13.2. The molecule has 8 nitrogen and oxygen atoms in total. The number of hydrogen-bond acceptors (Lipinski definition) is 6. The van der Waals surface area contributed by atoms with E-state index < -0.39 is 11.5 Å². The number of primary amides is 1. The number of nitrogens with two attached hydrogens (primary N) is 1. The normalized spacial score (nSPS) is 31.5. The summed E-state index contributed by atoms with van der Waals surface area (Å²) in [7, 11) is 0. The van der Waals surface area contributed by atoms with Gasteiger partial charge in [-0.3, -0.25) is 9.59 Å². The molecule has 7 rings (SSSR count). The van der Waals surface area contributed by atoms with Gasteiger partial charge in [-0.1, -0.05) is 6.07 Å². The number of amides is 2. The molecular weight excluding hydrogens is 442 g/mol. The van der Waals surface area contributed by atoms with Gasteiger partial charge in [0.2, 0.25) is 5.91 Å². The van der Waals surface area contributed by atoms with E-state index in [1.807, 2.05) is 24.3 Å². The van der Waals surface area contributed by atoms with Crippen molar-refractivity contribution in [1.82, 2.24) is 10.3 Å². The first-order valence-corrected chi connectivity index (χ1v) is 12.8. The van der Waals surface area contributed by atoms with Gasteiger partial charge in [0.1, 0.15) is 11.5 Å². The zero-order chi connectivity index (χ0) is 24.2. The number of pyridine rings is 1. The number of nitrogens with zero attached hydrogens (tertiary/aromatic N) is 3. The lowest BCUT2D eigenvalue weighted by Crippen LogP contribution is -2.61. The highest BCUT2D eigenvalue weighted by Gasteiger charge is 2.55. The Morgan fingerprint density at radius 3 is 2.23 bits per heavy atom. The number of aliphatic hydroxyl groups is 1. The Labute approximate surface area is 205 Å². The van der Waals surface area contributed by atoms with Crippen LogP contribution in [0.4, 0.5) is 11.5 Å². The summed E-state index contributed by atoms with van der Waals surface area (Å²) < 4.78 is 0. The molecule has 8 heteroatoms. The molecule has 1 aromatic heterocycles. The van der Waals surface area contributed by atoms with E-state index in [9.17, 15) is 14.7 Å². The van der Waals surface area contributed by atoms with Crippen LogP contribution >= 0.6 is 0 Å². The standard InChI is InChI=1S/C27H33N5O3/c28-25(33)18-4-6-21(7-5-18)31-8-10-32(11-9-31)23-3-1-2-22(29-23)26(34)30-24-19-12-17-13-20(24)16-27(35,14-17)15-19/h1-7,17,19-20,24,35H,8-16H2,(H2,28,33)(H,30,34). The molecule has 1 saturated heterocycles. The summed E-state index contributed by atoms with van der Waals surface area (Å²) in [6.45, 7) is 3.23. The van der Waals surface area contributed by atoms with E-state index in [1.165, 1.54) is 0 Å². The average Bonchev–Trinajstić information content (AvgIpc) is 2.85. The molecule has 5 aliphatic rings. The predicted octanol–water partition coefficient (Wildman–Crippen LogP) is 2.18. The van der Waals surface area contributed by atoms with E-state index >= 15 is 0 Å². The van der Waals surface area contributed by atoms with E-state index in [0.29, 0.717) is 29.0 Å². The largest absolute Gasteiger partial charge is 0.390 e. The minimum Gasteiger partial charge on any atom is -0.390 e. The third-order valence-corrected chi connectivity index (χ3v) is 8.63. The van der Waals surface area contributed by atoms with E-state index in [2.05, 4.69) is 15.1 Å². The summed E-state index contributed by atoms with van der Waals surface area (Å²) in [6.07, 6.45) is 4.80. The van der Waals surface area contributed by atoms with Gasteiger partial charge in [-0.15, -0.1) is 0 Å². The van der Waals surface area contributed by atoms with Gasteiger partial charge in [-0.25, -0.2) is 4.98 Å². The van der Waals surface area contributed by atoms with Crippen molar-refractivity contribution in [2.45, 2.75) is 43.7 Å². The second kappa shape index (κ2) is 8.52. The molecule has 1 aromatic carbocycles. The highest BCUT2D eigenvalue weighted by molar-refractivity contribution is 5.93. The first-order valence-electron chi connectivity index (χ1n) is 12.8. The molecule has 1 aliphatic heterocycles. The van der Waals surface area contributed by atoms with Crippen LogP contribution in [0.3, 0.4) is 0 Å². The number of hydrogen-bond donors (Lipinski definition) is 3. The van der Waals surface area contributed by atoms with Gasteiger partial charge in [0.05, 0.1) is 5.60 Å². The van der Waals surface area contributed by atoms with Crippen LogP contribution < -0.4 is 20.9 Å². The first kappa shape index (κ1) is 22.3. The number of anilines is 2. The lowest BCUT2D eigenvalue weighted by molar-refractivity contribution is -0.136. The fraction of sp³-hybridized carbons (Fsp3) is 0.519. The Kier molecular flexibility index (Phi) is 5.44. The number of carbonyl (C=O) groups is 2. The van der Waals surface area contributed by atoms with Crippen molar-refractivity contribution < 1.29 is 14.7 Å². The lowest BCUT2D eigenvalue weighted by atomic mass is 9.52. The van der Waals surface area contributed by atoms with Gasteiger partial charge in [-0.2, -0.15) is 0 Å². The molecule has 5 fully saturated rings. The molecule has 4 bridgehead atoms. The van der Waals surface area contributed by atoms with Crippen LogP contribution in [0.5, 0.6) is 0 Å². The maximum Gasteiger partial charge on any atom is 0.270 e. The average molecular weight is 476 g/mol. The van der Waals surface area contributed by atoms with Crippen LogP contribution in [-0.2, 0) is 0 Å². The zero-order valence-electron chi connectivity index (χ0n) is 19.9. The molecule has 4 saturated carbocycles. The monoisotopic (exact) mass is 475 g/mol. The van der Waals surface area contributed by atoms with Crippen LogP contribution in [0.25, 0.3) is 0 Å². The molecule has 0 spiro atoms. The summed E-state index contributed by atoms with van der Waals surface area (Å²) in [4.78, 5) is 33.7. The summed E-state index contributed by atoms with van der Waals surface area (Å²) in [5, 5.41) is 14.1. The molecule has 2 atom stereocenters. The molecule has 2 unspecified atom stereocenters. The minimum atomic E-state index is -0.498. The van der Waals surface area contributed by atoms with Crippen LogP contribution in [0.2, 0.25) is 0 Å². The molecule has 0 radical (unpaired) electrons. The fourth-order valence-corrected chi connectivity index (χ4v) is 7.20. The number of piperazine rings is 1. The van der Waals surface area contributed by atoms with E-state index in [4.69, 9.17) is 10.7 Å². The Morgan fingerprint density at radius 2 is 1.60 bits per heavy atom. The van der Waals surface area contributed by atoms with Gasteiger partial charge in [0, 0.05) is 43.5 Å². The highest BCUT2D eigenvalue weighted by Crippen LogP contribution is 2.55. The van der Waals surface area contributed by atoms with Crippen molar-refractivity contribution >= 4 is 23.3 Å². The van der Waals surface area contributed by atoms with Crippen molar-refractivity contribution in [2.24, 2.45) is 23.5 Å². The number of nitrogens with one attached hydrogen (secondary N) is 1. The minimum absolute atomic E-state index is 0.107. The molecule has 4 N–H and O–H groups in total. The SMILES string of the molecule is NC(=O)c1ccc(N2CCN(c3cccc(C(=O)NC4C5CC6CC4CC(O)(C6)C5)n3)CC2)cc1. The second-order valence-corrected chi connectivity index (χ2v) is 11.0. The quantitative estimate of drug-likeness (QED) is 0.611. The van der Waals surface area contributed by atoms with Crippen LogP contribution in [0, 0.1) is 17.8 Å². The van der Waals surface area contributed by atoms with Crippen molar-refractivity contribution in [3.63, 3.8) is 0 Å². The molecular formula is C27H33N5O3. The third-order valence-electron chi connectivity index (χ3n) is 8.63. The molecule has 184 valence electrons. The smallest absolute Gasteiger partial charge is 0.270 e. The summed E-state index contributed by atoms with van der Waals surface area (Å²) in [5.74, 6) is 1.67. The van der Waals surface area contributed by atoms with Crippen LogP contribution in [0.1, 0.15) is 53.0 Å². The Bertz CT molecular complexity index is 1110. The third kappa shape index (κ3) is 4.24. The summed E-state index contributed by atoms with van der Waals surface area (Å²) >= 11 is 0. The van der Waals surface area contributed by atoms with Crippen molar-refractivity contribution in [3.8, 4) is 0 Å². The molecule has 2 amide bonds. The number of rotatable bonds is 5. The van der Waals surface area contributed by atoms with E-state index in [-0.39, 0.29) is 11.9 Å². The second-order valence-electron chi connectivity index (χ2n) is 11.0. The predicted molar refractivity (Wildman–Crippen MR) is 133 cm³/mol. The van der Waals surface area contributed by atoms with E-state index in [0.717, 1.165) is 69.8 Å². The Balaban J connectivity index is 1.09. The van der Waals surface area contributed by atoms with Gasteiger partial charge >= 0.3 is 0 Å². The van der Waals surface area contributed by atoms with Gasteiger partial charge in [0.15, 0.2) is 0 Å². The van der Waals surface area contributed by atoms with Gasteiger partial charge in [-0.05, 0) is 86.3 Å². The lowest BCUT2D eigenvalue weighted by Gasteiger charge is -2.58. The van der Waals surface area contributed by atoms with E-state index in [1.54, 1.807) is 18.2 Å². The topological polar surface area (TPSA) is 112 Å². The summed E-state index contributed by atoms with van der Waals surface area (Å²) in [6, 6.07) is 13.2. The Hall–Kier alpha value is -3.13. The Morgan fingerprint density at radius 1 is 0.943 bits per heavy atom. The first-order chi connectivity index (χ1) is 16.9. The van der Waals surface area contributed by atoms with Crippen LogP contribution in [0.15, 0.2) is 42.5 Å². The number of benzene rings is 1. The molecule has 2 heterocycles. The van der Waals surface area contributed by atoms with Crippen molar-refractivity contribution in [2.75, 3.05) is 36.0 Å². The summed E-state index contributed by atoms with van der Waals surface area (Å²) in [5.41, 5.74) is 6.88. The molecule has 4 aliphatic carbocycles. The van der Waals surface area contributed by atoms with Gasteiger partial charge < -0.3 is 26.0 Å².